The fraction of sp³-hybridized carbons (Fsp3) is 1.00. The van der Waals surface area contributed by atoms with Crippen molar-refractivity contribution in [3.8, 4) is 0 Å². The van der Waals surface area contributed by atoms with Gasteiger partial charge in [0.1, 0.15) is 11.7 Å². The molecule has 0 aromatic carbocycles. The molecule has 0 rings (SSSR count). The third-order valence-corrected chi connectivity index (χ3v) is 1.56. The Morgan fingerprint density at radius 1 is 1.62 bits per heavy atom. The molecule has 0 aromatic heterocycles. The molecule has 0 aliphatic heterocycles. The van der Waals surface area contributed by atoms with Gasteiger partial charge in [0.05, 0.1) is 0 Å². The first kappa shape index (κ1) is 7.92. The van der Waals surface area contributed by atoms with E-state index in [9.17, 15) is 10.2 Å². The van der Waals surface area contributed by atoms with Crippen molar-refractivity contribution >= 4 is 0 Å². The first-order valence-corrected chi connectivity index (χ1v) is 2.87. The van der Waals surface area contributed by atoms with Crippen LogP contribution in [0.5, 0.6) is 0 Å². The molecule has 0 heterocycles. The summed E-state index contributed by atoms with van der Waals surface area (Å²) >= 11 is 0. The highest BCUT2D eigenvalue weighted by molar-refractivity contribution is 4.74. The van der Waals surface area contributed by atoms with Crippen LogP contribution in [0.25, 0.3) is 0 Å². The van der Waals surface area contributed by atoms with Crippen LogP contribution < -0.4 is 0 Å². The summed E-state index contributed by atoms with van der Waals surface area (Å²) in [6, 6.07) is 0. The molecular weight excluding hydrogens is 104 g/mol. The smallest absolute Gasteiger partial charge is 0.129 e. The highest BCUT2D eigenvalue weighted by Gasteiger charge is 2.27. The zero-order valence-corrected chi connectivity index (χ0v) is 5.60. The van der Waals surface area contributed by atoms with Gasteiger partial charge in [0.25, 0.3) is 0 Å². The zero-order valence-electron chi connectivity index (χ0n) is 5.60. The summed E-state index contributed by atoms with van der Waals surface area (Å²) in [4.78, 5) is 0. The average molecular weight is 116 g/mol. The van der Waals surface area contributed by atoms with Crippen LogP contribution in [0.2, 0.25) is 0 Å². The molecule has 2 atom stereocenters. The van der Waals surface area contributed by atoms with Crippen LogP contribution in [-0.2, 0) is 10.2 Å². The summed E-state index contributed by atoms with van der Waals surface area (Å²) in [5.41, 5.74) is -1.26. The summed E-state index contributed by atoms with van der Waals surface area (Å²) < 4.78 is 0. The van der Waals surface area contributed by atoms with E-state index in [0.29, 0.717) is 6.42 Å². The van der Waals surface area contributed by atoms with Crippen molar-refractivity contribution in [3.05, 3.63) is 0 Å². The topological polar surface area (TPSA) is 39.8 Å². The fourth-order valence-electron chi connectivity index (χ4n) is 0.287. The molecule has 2 radical (unpaired) electrons. The van der Waals surface area contributed by atoms with Gasteiger partial charge in [0, 0.05) is 0 Å². The molecule has 0 amide bonds. The second kappa shape index (κ2) is 2.46. The van der Waals surface area contributed by atoms with Gasteiger partial charge in [-0.15, -0.1) is 0 Å². The molecule has 0 spiro atoms. The molecule has 2 unspecified atom stereocenters. The van der Waals surface area contributed by atoms with Gasteiger partial charge in [-0.1, -0.05) is 6.92 Å². The predicted octanol–water partition coefficient (Wildman–Crippen LogP) is 1.40. The van der Waals surface area contributed by atoms with Gasteiger partial charge in [-0.3, -0.25) is 0 Å². The molecule has 48 valence electrons. The molecule has 0 saturated heterocycles. The third kappa shape index (κ3) is 1.80. The monoisotopic (exact) mass is 116 g/mol. The van der Waals surface area contributed by atoms with Gasteiger partial charge in [-0.05, 0) is 20.3 Å². The van der Waals surface area contributed by atoms with Gasteiger partial charge in [-0.2, -0.15) is 0 Å². The van der Waals surface area contributed by atoms with Gasteiger partial charge in [0.15, 0.2) is 0 Å². The van der Waals surface area contributed by atoms with Crippen LogP contribution >= 0.6 is 0 Å². The lowest BCUT2D eigenvalue weighted by atomic mass is 9.98. The molecule has 0 aromatic rings. The first-order chi connectivity index (χ1) is 3.50. The fourth-order valence-corrected chi connectivity index (χ4v) is 0.287. The van der Waals surface area contributed by atoms with Crippen molar-refractivity contribution in [3.63, 3.8) is 0 Å². The lowest BCUT2D eigenvalue weighted by Gasteiger charge is -2.18. The molecule has 2 nitrogen and oxygen atoms in total. The lowest BCUT2D eigenvalue weighted by Crippen LogP contribution is -2.33. The van der Waals surface area contributed by atoms with E-state index in [2.05, 4.69) is 0 Å². The molecule has 0 saturated carbocycles. The Labute approximate surface area is 50.2 Å². The predicted molar refractivity (Wildman–Crippen MR) is 29.5 cm³/mol. The summed E-state index contributed by atoms with van der Waals surface area (Å²) in [6.45, 7) is 4.60. The van der Waals surface area contributed by atoms with Crippen LogP contribution in [0.15, 0.2) is 0 Å². The molecule has 0 N–H and O–H groups in total. The Bertz CT molecular complexity index is 66.9. The van der Waals surface area contributed by atoms with E-state index in [1.807, 2.05) is 0 Å². The van der Waals surface area contributed by atoms with E-state index in [0.717, 1.165) is 0 Å². The Hall–Kier alpha value is -0.0800. The lowest BCUT2D eigenvalue weighted by molar-refractivity contribution is -0.126. The Kier molecular flexibility index (Phi) is 2.44. The standard InChI is InChI=1S/C6H12O2/c1-4-6(3,8)5(2)7/h5H,4H2,1-3H3. The highest BCUT2D eigenvalue weighted by Crippen LogP contribution is 2.14. The molecular formula is C6H12O2. The van der Waals surface area contributed by atoms with Gasteiger partial charge >= 0.3 is 0 Å². The zero-order chi connectivity index (χ0) is 6.78. The molecule has 0 aliphatic rings. The van der Waals surface area contributed by atoms with Crippen molar-refractivity contribution in [2.45, 2.75) is 38.9 Å². The van der Waals surface area contributed by atoms with Crippen LogP contribution in [0.4, 0.5) is 0 Å². The molecule has 0 aliphatic carbocycles. The third-order valence-electron chi connectivity index (χ3n) is 1.56. The maximum atomic E-state index is 10.9. The number of rotatable bonds is 2. The van der Waals surface area contributed by atoms with Crippen molar-refractivity contribution in [2.75, 3.05) is 0 Å². The van der Waals surface area contributed by atoms with E-state index in [-0.39, 0.29) is 0 Å². The molecule has 0 bridgehead atoms. The van der Waals surface area contributed by atoms with E-state index in [1.165, 1.54) is 13.8 Å². The minimum atomic E-state index is -1.26. The Morgan fingerprint density at radius 3 is 2.00 bits per heavy atom. The minimum absolute atomic E-state index is 0.414. The van der Waals surface area contributed by atoms with Crippen molar-refractivity contribution in [1.29, 1.82) is 0 Å². The van der Waals surface area contributed by atoms with Crippen LogP contribution in [0, 0.1) is 0 Å². The quantitative estimate of drug-likeness (QED) is 0.523. The molecule has 0 fully saturated rings. The van der Waals surface area contributed by atoms with Crippen molar-refractivity contribution in [2.24, 2.45) is 0 Å². The van der Waals surface area contributed by atoms with Crippen molar-refractivity contribution < 1.29 is 10.2 Å². The van der Waals surface area contributed by atoms with Crippen LogP contribution in [-0.4, -0.2) is 11.7 Å². The van der Waals surface area contributed by atoms with E-state index in [4.69, 9.17) is 0 Å². The van der Waals surface area contributed by atoms with Gasteiger partial charge in [0.2, 0.25) is 0 Å². The van der Waals surface area contributed by atoms with Gasteiger partial charge in [-0.25, -0.2) is 10.2 Å². The number of hydrogen-bond acceptors (Lipinski definition) is 0. The summed E-state index contributed by atoms with van der Waals surface area (Å²) in [5.74, 6) is 0. The molecule has 8 heavy (non-hydrogen) atoms. The SMILES string of the molecule is CCC(C)([O])C(C)[O]. The Morgan fingerprint density at radius 2 is 2.00 bits per heavy atom. The Balaban J connectivity index is 3.71. The normalized spacial score (nSPS) is 22.1. The summed E-state index contributed by atoms with van der Waals surface area (Å²) in [6.07, 6.45) is -0.579. The second-order valence-corrected chi connectivity index (χ2v) is 2.31. The first-order valence-electron chi connectivity index (χ1n) is 2.87. The maximum absolute atomic E-state index is 10.9. The van der Waals surface area contributed by atoms with Crippen LogP contribution in [0.3, 0.4) is 0 Å². The van der Waals surface area contributed by atoms with E-state index in [1.54, 1.807) is 6.92 Å². The maximum Gasteiger partial charge on any atom is 0.129 e. The van der Waals surface area contributed by atoms with E-state index < -0.39 is 11.7 Å². The number of hydrogen-bond donors (Lipinski definition) is 0. The van der Waals surface area contributed by atoms with Crippen LogP contribution in [0.1, 0.15) is 27.2 Å². The minimum Gasteiger partial charge on any atom is -0.230 e. The second-order valence-electron chi connectivity index (χ2n) is 2.31. The van der Waals surface area contributed by atoms with Gasteiger partial charge < -0.3 is 0 Å². The molecule has 2 heteroatoms. The average Bonchev–Trinajstić information content (AvgIpc) is 1.67. The van der Waals surface area contributed by atoms with E-state index >= 15 is 0 Å². The summed E-state index contributed by atoms with van der Waals surface area (Å²) in [7, 11) is 0. The largest absolute Gasteiger partial charge is 0.230 e. The summed E-state index contributed by atoms with van der Waals surface area (Å²) in [5, 5.41) is 21.3. The highest BCUT2D eigenvalue weighted by atomic mass is 16.3. The van der Waals surface area contributed by atoms with Crippen molar-refractivity contribution in [1.82, 2.24) is 0 Å².